The van der Waals surface area contributed by atoms with E-state index in [9.17, 15) is 0 Å². The Morgan fingerprint density at radius 3 is 2.79 bits per heavy atom. The lowest BCUT2D eigenvalue weighted by atomic mass is 10.1. The molecular formula is C21H32N6O2. The topological polar surface area (TPSA) is 85.6 Å². The van der Waals surface area contributed by atoms with Gasteiger partial charge >= 0.3 is 0 Å². The molecule has 0 unspecified atom stereocenters. The second-order valence-electron chi connectivity index (χ2n) is 6.96. The number of aromatic nitrogens is 3. The number of hydrogen-bond donors (Lipinski definition) is 2. The maximum Gasteiger partial charge on any atom is 0.191 e. The second-order valence-corrected chi connectivity index (χ2v) is 6.96. The van der Waals surface area contributed by atoms with E-state index in [1.807, 2.05) is 6.07 Å². The fourth-order valence-corrected chi connectivity index (χ4v) is 3.13. The molecular weight excluding hydrogens is 368 g/mol. The third-order valence-corrected chi connectivity index (χ3v) is 4.75. The Bertz CT molecular complexity index is 789. The molecule has 2 N–H and O–H groups in total. The van der Waals surface area contributed by atoms with Crippen LogP contribution in [0.15, 0.2) is 29.5 Å². The van der Waals surface area contributed by atoms with Crippen molar-refractivity contribution in [2.24, 2.45) is 4.99 Å². The molecule has 8 heteroatoms. The van der Waals surface area contributed by atoms with Crippen LogP contribution >= 0.6 is 0 Å². The normalized spacial score (nSPS) is 13.4. The van der Waals surface area contributed by atoms with E-state index in [1.165, 1.54) is 5.56 Å². The zero-order valence-corrected chi connectivity index (χ0v) is 17.5. The molecule has 0 amide bonds. The number of ether oxygens (including phenoxy) is 2. The molecule has 1 aromatic heterocycles. The number of guanidine groups is 1. The summed E-state index contributed by atoms with van der Waals surface area (Å²) < 4.78 is 13.3. The molecule has 1 aromatic carbocycles. The molecule has 8 nitrogen and oxygen atoms in total. The molecule has 0 spiro atoms. The number of nitrogens with zero attached hydrogens (tertiary/aromatic N) is 4. The van der Waals surface area contributed by atoms with Crippen molar-refractivity contribution >= 4 is 5.96 Å². The summed E-state index contributed by atoms with van der Waals surface area (Å²) in [5, 5.41) is 15.0. The highest BCUT2D eigenvalue weighted by atomic mass is 16.6. The van der Waals surface area contributed by atoms with Crippen LogP contribution in [0, 0.1) is 0 Å². The summed E-state index contributed by atoms with van der Waals surface area (Å²) >= 11 is 0. The molecule has 0 saturated heterocycles. The summed E-state index contributed by atoms with van der Waals surface area (Å²) in [6, 6.07) is 6.15. The van der Waals surface area contributed by atoms with Crippen LogP contribution in [-0.2, 0) is 19.4 Å². The maximum absolute atomic E-state index is 5.67. The van der Waals surface area contributed by atoms with Gasteiger partial charge in [-0.2, -0.15) is 0 Å². The SMILES string of the molecule is CCCCN=C(NCCc1ccc2c(c1)OCCO2)NCCn1cnnc1CC. The van der Waals surface area contributed by atoms with Gasteiger partial charge in [-0.05, 0) is 30.5 Å². The van der Waals surface area contributed by atoms with E-state index >= 15 is 0 Å². The van der Waals surface area contributed by atoms with Crippen molar-refractivity contribution in [3.63, 3.8) is 0 Å². The van der Waals surface area contributed by atoms with E-state index in [0.29, 0.717) is 13.2 Å². The molecule has 3 rings (SSSR count). The second kappa shape index (κ2) is 11.3. The lowest BCUT2D eigenvalue weighted by Gasteiger charge is -2.19. The standard InChI is InChI=1S/C21H32N6O2/c1-3-5-9-22-21(24-11-12-27-16-25-26-20(27)4-2)23-10-8-17-6-7-18-19(15-17)29-14-13-28-18/h6-7,15-16H,3-5,8-14H2,1-2H3,(H2,22,23,24). The van der Waals surface area contributed by atoms with Crippen LogP contribution in [0.1, 0.15) is 38.1 Å². The minimum Gasteiger partial charge on any atom is -0.486 e. The number of aryl methyl sites for hydroxylation is 1. The summed E-state index contributed by atoms with van der Waals surface area (Å²) in [6.45, 7) is 8.69. The van der Waals surface area contributed by atoms with Crippen molar-refractivity contribution < 1.29 is 9.47 Å². The molecule has 1 aliphatic rings. The molecule has 0 bridgehead atoms. The van der Waals surface area contributed by atoms with E-state index in [-0.39, 0.29) is 0 Å². The van der Waals surface area contributed by atoms with Gasteiger partial charge in [0, 0.05) is 32.6 Å². The van der Waals surface area contributed by atoms with Gasteiger partial charge in [0.25, 0.3) is 0 Å². The number of benzene rings is 1. The van der Waals surface area contributed by atoms with Gasteiger partial charge in [0.05, 0.1) is 0 Å². The molecule has 0 fully saturated rings. The number of hydrogen-bond acceptors (Lipinski definition) is 5. The fourth-order valence-electron chi connectivity index (χ4n) is 3.13. The number of unbranched alkanes of at least 4 members (excludes halogenated alkanes) is 1. The molecule has 2 aromatic rings. The van der Waals surface area contributed by atoms with Crippen molar-refractivity contribution in [3.05, 3.63) is 35.9 Å². The smallest absolute Gasteiger partial charge is 0.191 e. The Morgan fingerprint density at radius 2 is 1.97 bits per heavy atom. The predicted molar refractivity (Wildman–Crippen MR) is 114 cm³/mol. The predicted octanol–water partition coefficient (Wildman–Crippen LogP) is 2.19. The molecule has 0 saturated carbocycles. The molecule has 158 valence electrons. The molecule has 2 heterocycles. The van der Waals surface area contributed by atoms with Gasteiger partial charge in [-0.25, -0.2) is 0 Å². The van der Waals surface area contributed by atoms with Crippen LogP contribution in [0.25, 0.3) is 0 Å². The van der Waals surface area contributed by atoms with E-state index < -0.39 is 0 Å². The van der Waals surface area contributed by atoms with Crippen LogP contribution < -0.4 is 20.1 Å². The number of nitrogens with one attached hydrogen (secondary N) is 2. The number of aliphatic imine (C=N–C) groups is 1. The van der Waals surface area contributed by atoms with Crippen LogP contribution in [0.4, 0.5) is 0 Å². The minimum atomic E-state index is 0.610. The molecule has 1 aliphatic heterocycles. The Morgan fingerprint density at radius 1 is 1.14 bits per heavy atom. The summed E-state index contributed by atoms with van der Waals surface area (Å²) in [5.74, 6) is 3.52. The van der Waals surface area contributed by atoms with Crippen molar-refractivity contribution in [2.45, 2.75) is 46.1 Å². The number of fused-ring (bicyclic) bond motifs is 1. The molecule has 29 heavy (non-hydrogen) atoms. The van der Waals surface area contributed by atoms with Crippen molar-refractivity contribution in [1.29, 1.82) is 0 Å². The third-order valence-electron chi connectivity index (χ3n) is 4.75. The van der Waals surface area contributed by atoms with Gasteiger partial charge in [0.15, 0.2) is 17.5 Å². The highest BCUT2D eigenvalue weighted by molar-refractivity contribution is 5.79. The van der Waals surface area contributed by atoms with Gasteiger partial charge in [-0.15, -0.1) is 10.2 Å². The first-order valence-electron chi connectivity index (χ1n) is 10.6. The van der Waals surface area contributed by atoms with Crippen molar-refractivity contribution in [3.8, 4) is 11.5 Å². The number of rotatable bonds is 10. The lowest BCUT2D eigenvalue weighted by molar-refractivity contribution is 0.171. The Balaban J connectivity index is 1.48. The van der Waals surface area contributed by atoms with Gasteiger partial charge in [-0.3, -0.25) is 4.99 Å². The summed E-state index contributed by atoms with van der Waals surface area (Å²) in [6.07, 6.45) is 5.76. The first-order valence-corrected chi connectivity index (χ1v) is 10.6. The van der Waals surface area contributed by atoms with Crippen molar-refractivity contribution in [2.75, 3.05) is 32.8 Å². The minimum absolute atomic E-state index is 0.610. The first kappa shape index (κ1) is 21.0. The van der Waals surface area contributed by atoms with Crippen LogP contribution in [0.3, 0.4) is 0 Å². The highest BCUT2D eigenvalue weighted by Gasteiger charge is 2.11. The summed E-state index contributed by atoms with van der Waals surface area (Å²) in [4.78, 5) is 4.69. The first-order chi connectivity index (χ1) is 14.3. The van der Waals surface area contributed by atoms with E-state index in [1.54, 1.807) is 6.33 Å². The van der Waals surface area contributed by atoms with Crippen LogP contribution in [0.2, 0.25) is 0 Å². The van der Waals surface area contributed by atoms with Gasteiger partial charge < -0.3 is 24.7 Å². The summed E-state index contributed by atoms with van der Waals surface area (Å²) in [5.41, 5.74) is 1.21. The Hall–Kier alpha value is -2.77. The zero-order valence-electron chi connectivity index (χ0n) is 17.5. The van der Waals surface area contributed by atoms with Crippen LogP contribution in [-0.4, -0.2) is 53.6 Å². The van der Waals surface area contributed by atoms with E-state index in [0.717, 1.165) is 75.1 Å². The third kappa shape index (κ3) is 6.37. The largest absolute Gasteiger partial charge is 0.486 e. The monoisotopic (exact) mass is 400 g/mol. The molecule has 0 aliphatic carbocycles. The molecule has 0 radical (unpaired) electrons. The maximum atomic E-state index is 5.67. The van der Waals surface area contributed by atoms with Crippen molar-refractivity contribution in [1.82, 2.24) is 25.4 Å². The van der Waals surface area contributed by atoms with E-state index in [4.69, 9.17) is 9.47 Å². The average Bonchev–Trinajstić information content (AvgIpc) is 3.21. The quantitative estimate of drug-likeness (QED) is 0.361. The van der Waals surface area contributed by atoms with E-state index in [2.05, 4.69) is 56.4 Å². The average molecular weight is 401 g/mol. The van der Waals surface area contributed by atoms with Gasteiger partial charge in [0.2, 0.25) is 0 Å². The zero-order chi connectivity index (χ0) is 20.3. The Kier molecular flexibility index (Phi) is 8.15. The molecule has 0 atom stereocenters. The highest BCUT2D eigenvalue weighted by Crippen LogP contribution is 2.30. The van der Waals surface area contributed by atoms with Gasteiger partial charge in [-0.1, -0.05) is 26.3 Å². The Labute approximate surface area is 172 Å². The lowest BCUT2D eigenvalue weighted by Crippen LogP contribution is -2.40. The summed E-state index contributed by atoms with van der Waals surface area (Å²) in [7, 11) is 0. The fraction of sp³-hybridized carbons (Fsp3) is 0.571. The van der Waals surface area contributed by atoms with Gasteiger partial charge in [0.1, 0.15) is 25.4 Å². The van der Waals surface area contributed by atoms with Crippen LogP contribution in [0.5, 0.6) is 11.5 Å².